The SMILES string of the molecule is CCCC(C)COCc1ccc(CN)c(OC)c1. The van der Waals surface area contributed by atoms with E-state index in [4.69, 9.17) is 15.2 Å². The van der Waals surface area contributed by atoms with Gasteiger partial charge in [0.05, 0.1) is 13.7 Å². The second-order valence-corrected chi connectivity index (χ2v) is 4.76. The van der Waals surface area contributed by atoms with Gasteiger partial charge in [0.15, 0.2) is 0 Å². The standard InChI is InChI=1S/C15H25NO2/c1-4-5-12(2)10-18-11-13-6-7-14(9-16)15(8-13)17-3/h6-8,12H,4-5,9-11,16H2,1-3H3. The van der Waals surface area contributed by atoms with Gasteiger partial charge >= 0.3 is 0 Å². The highest BCUT2D eigenvalue weighted by Crippen LogP contribution is 2.20. The molecule has 0 heterocycles. The molecule has 0 saturated carbocycles. The Morgan fingerprint density at radius 3 is 2.72 bits per heavy atom. The molecule has 1 aromatic carbocycles. The highest BCUT2D eigenvalue weighted by atomic mass is 16.5. The number of methoxy groups -OCH3 is 1. The Hall–Kier alpha value is -1.06. The highest BCUT2D eigenvalue weighted by Gasteiger charge is 2.04. The van der Waals surface area contributed by atoms with E-state index in [1.165, 1.54) is 12.8 Å². The quantitative estimate of drug-likeness (QED) is 0.772. The van der Waals surface area contributed by atoms with Crippen molar-refractivity contribution in [2.24, 2.45) is 11.7 Å². The van der Waals surface area contributed by atoms with Crippen LogP contribution in [0.4, 0.5) is 0 Å². The third-order valence-electron chi connectivity index (χ3n) is 3.02. The number of rotatable bonds is 8. The summed E-state index contributed by atoms with van der Waals surface area (Å²) >= 11 is 0. The maximum absolute atomic E-state index is 5.72. The molecule has 1 aromatic rings. The van der Waals surface area contributed by atoms with Gasteiger partial charge in [-0.1, -0.05) is 32.4 Å². The van der Waals surface area contributed by atoms with Crippen LogP contribution in [0.2, 0.25) is 0 Å². The maximum Gasteiger partial charge on any atom is 0.123 e. The predicted octanol–water partition coefficient (Wildman–Crippen LogP) is 3.11. The molecule has 0 aliphatic carbocycles. The van der Waals surface area contributed by atoms with E-state index in [9.17, 15) is 0 Å². The molecular formula is C15H25NO2. The summed E-state index contributed by atoms with van der Waals surface area (Å²) in [6.45, 7) is 6.37. The van der Waals surface area contributed by atoms with Gasteiger partial charge in [-0.05, 0) is 24.0 Å². The average Bonchev–Trinajstić information content (AvgIpc) is 2.38. The molecule has 18 heavy (non-hydrogen) atoms. The lowest BCUT2D eigenvalue weighted by Gasteiger charge is -2.12. The summed E-state index contributed by atoms with van der Waals surface area (Å²) in [7, 11) is 1.67. The van der Waals surface area contributed by atoms with Gasteiger partial charge in [0.2, 0.25) is 0 Å². The molecule has 2 N–H and O–H groups in total. The normalized spacial score (nSPS) is 12.4. The molecule has 0 amide bonds. The predicted molar refractivity (Wildman–Crippen MR) is 74.6 cm³/mol. The van der Waals surface area contributed by atoms with E-state index in [2.05, 4.69) is 19.9 Å². The number of hydrogen-bond donors (Lipinski definition) is 1. The zero-order valence-electron chi connectivity index (χ0n) is 11.7. The van der Waals surface area contributed by atoms with E-state index in [0.29, 0.717) is 19.1 Å². The van der Waals surface area contributed by atoms with Gasteiger partial charge < -0.3 is 15.2 Å². The van der Waals surface area contributed by atoms with Crippen molar-refractivity contribution >= 4 is 0 Å². The van der Waals surface area contributed by atoms with Crippen LogP contribution in [0.15, 0.2) is 18.2 Å². The fourth-order valence-corrected chi connectivity index (χ4v) is 2.00. The second-order valence-electron chi connectivity index (χ2n) is 4.76. The summed E-state index contributed by atoms with van der Waals surface area (Å²) in [6.07, 6.45) is 2.43. The number of hydrogen-bond acceptors (Lipinski definition) is 3. The van der Waals surface area contributed by atoms with Crippen molar-refractivity contribution in [3.8, 4) is 5.75 Å². The van der Waals surface area contributed by atoms with Crippen LogP contribution in [-0.4, -0.2) is 13.7 Å². The van der Waals surface area contributed by atoms with Crippen molar-refractivity contribution in [2.75, 3.05) is 13.7 Å². The molecule has 0 bridgehead atoms. The molecule has 0 spiro atoms. The zero-order valence-corrected chi connectivity index (χ0v) is 11.7. The third kappa shape index (κ3) is 4.67. The van der Waals surface area contributed by atoms with Crippen molar-refractivity contribution in [3.05, 3.63) is 29.3 Å². The van der Waals surface area contributed by atoms with E-state index in [-0.39, 0.29) is 0 Å². The Morgan fingerprint density at radius 1 is 1.33 bits per heavy atom. The number of benzene rings is 1. The molecular weight excluding hydrogens is 226 g/mol. The van der Waals surface area contributed by atoms with Gasteiger partial charge in [-0.2, -0.15) is 0 Å². The first-order valence-electron chi connectivity index (χ1n) is 6.64. The lowest BCUT2D eigenvalue weighted by atomic mass is 10.1. The van der Waals surface area contributed by atoms with E-state index >= 15 is 0 Å². The molecule has 102 valence electrons. The summed E-state index contributed by atoms with van der Waals surface area (Å²) in [5.41, 5.74) is 7.80. The Labute approximate surface area is 110 Å². The average molecular weight is 251 g/mol. The van der Waals surface area contributed by atoms with Crippen molar-refractivity contribution in [1.82, 2.24) is 0 Å². The van der Waals surface area contributed by atoms with Crippen LogP contribution in [0.3, 0.4) is 0 Å². The molecule has 0 aliphatic rings. The Bertz CT molecular complexity index is 352. The van der Waals surface area contributed by atoms with E-state index in [1.54, 1.807) is 7.11 Å². The van der Waals surface area contributed by atoms with Crippen molar-refractivity contribution in [3.63, 3.8) is 0 Å². The van der Waals surface area contributed by atoms with Crippen molar-refractivity contribution in [2.45, 2.75) is 39.8 Å². The smallest absolute Gasteiger partial charge is 0.123 e. The summed E-state index contributed by atoms with van der Waals surface area (Å²) in [5.74, 6) is 1.47. The van der Waals surface area contributed by atoms with Crippen LogP contribution in [0.1, 0.15) is 37.8 Å². The third-order valence-corrected chi connectivity index (χ3v) is 3.02. The minimum absolute atomic E-state index is 0.498. The van der Waals surface area contributed by atoms with Gasteiger partial charge in [0, 0.05) is 18.7 Å². The van der Waals surface area contributed by atoms with Crippen LogP contribution in [-0.2, 0) is 17.9 Å². The van der Waals surface area contributed by atoms with Gasteiger partial charge in [0.1, 0.15) is 5.75 Å². The summed E-state index contributed by atoms with van der Waals surface area (Å²) in [4.78, 5) is 0. The minimum atomic E-state index is 0.498. The molecule has 1 unspecified atom stereocenters. The largest absolute Gasteiger partial charge is 0.496 e. The van der Waals surface area contributed by atoms with Crippen molar-refractivity contribution < 1.29 is 9.47 Å². The Morgan fingerprint density at radius 2 is 2.11 bits per heavy atom. The summed E-state index contributed by atoms with van der Waals surface area (Å²) < 4.78 is 11.0. The van der Waals surface area contributed by atoms with Crippen LogP contribution < -0.4 is 10.5 Å². The van der Waals surface area contributed by atoms with Crippen LogP contribution in [0.5, 0.6) is 5.75 Å². The number of ether oxygens (including phenoxy) is 2. The van der Waals surface area contributed by atoms with Crippen LogP contribution in [0, 0.1) is 5.92 Å². The number of nitrogens with two attached hydrogens (primary N) is 1. The van der Waals surface area contributed by atoms with Gasteiger partial charge in [0.25, 0.3) is 0 Å². The first-order valence-corrected chi connectivity index (χ1v) is 6.64. The lowest BCUT2D eigenvalue weighted by molar-refractivity contribution is 0.0892. The molecule has 1 rings (SSSR count). The Kier molecular flexibility index (Phi) is 6.76. The fourth-order valence-electron chi connectivity index (χ4n) is 2.00. The fraction of sp³-hybridized carbons (Fsp3) is 0.600. The van der Waals surface area contributed by atoms with E-state index in [0.717, 1.165) is 23.5 Å². The van der Waals surface area contributed by atoms with Gasteiger partial charge in [-0.3, -0.25) is 0 Å². The summed E-state index contributed by atoms with van der Waals surface area (Å²) in [5, 5.41) is 0. The second kappa shape index (κ2) is 8.11. The molecule has 0 saturated heterocycles. The van der Waals surface area contributed by atoms with Crippen LogP contribution in [0.25, 0.3) is 0 Å². The highest BCUT2D eigenvalue weighted by molar-refractivity contribution is 5.37. The molecule has 0 fully saturated rings. The topological polar surface area (TPSA) is 44.5 Å². The van der Waals surface area contributed by atoms with Gasteiger partial charge in [-0.25, -0.2) is 0 Å². The molecule has 3 nitrogen and oxygen atoms in total. The maximum atomic E-state index is 5.72. The molecule has 0 radical (unpaired) electrons. The van der Waals surface area contributed by atoms with E-state index < -0.39 is 0 Å². The monoisotopic (exact) mass is 251 g/mol. The molecule has 3 heteroatoms. The van der Waals surface area contributed by atoms with E-state index in [1.807, 2.05) is 12.1 Å². The van der Waals surface area contributed by atoms with Crippen LogP contribution >= 0.6 is 0 Å². The summed E-state index contributed by atoms with van der Waals surface area (Å²) in [6, 6.07) is 6.06. The first-order chi connectivity index (χ1) is 8.71. The zero-order chi connectivity index (χ0) is 13.4. The molecule has 0 aliphatic heterocycles. The lowest BCUT2D eigenvalue weighted by Crippen LogP contribution is -2.06. The first kappa shape index (κ1) is 15.0. The Balaban J connectivity index is 2.47. The van der Waals surface area contributed by atoms with Crippen molar-refractivity contribution in [1.29, 1.82) is 0 Å². The minimum Gasteiger partial charge on any atom is -0.496 e. The molecule has 1 atom stereocenters. The molecule has 0 aromatic heterocycles. The van der Waals surface area contributed by atoms with Gasteiger partial charge in [-0.15, -0.1) is 0 Å².